The molecule has 0 atom stereocenters. The summed E-state index contributed by atoms with van der Waals surface area (Å²) in [6.45, 7) is 4.04. The molecule has 1 aromatic rings. The lowest BCUT2D eigenvalue weighted by atomic mass is 10.0. The average Bonchev–Trinajstić information content (AvgIpc) is 2.11. The van der Waals surface area contributed by atoms with Crippen LogP contribution in [0.5, 0.6) is 5.75 Å². The SMILES string of the molecule is CC(C)Cc1cc(Br)c(F)cc1OC(N)=O. The molecule has 0 fully saturated rings. The van der Waals surface area contributed by atoms with Crippen LogP contribution in [0.15, 0.2) is 16.6 Å². The number of rotatable bonds is 3. The number of carbonyl (C=O) groups excluding carboxylic acids is 1. The molecule has 1 rings (SSSR count). The third kappa shape index (κ3) is 3.48. The number of hydrogen-bond acceptors (Lipinski definition) is 2. The van der Waals surface area contributed by atoms with Gasteiger partial charge in [-0.05, 0) is 39.9 Å². The van der Waals surface area contributed by atoms with Crippen LogP contribution in [-0.2, 0) is 6.42 Å². The van der Waals surface area contributed by atoms with E-state index in [0.29, 0.717) is 16.8 Å². The van der Waals surface area contributed by atoms with Crippen LogP contribution in [0.4, 0.5) is 9.18 Å². The van der Waals surface area contributed by atoms with Crippen molar-refractivity contribution in [1.29, 1.82) is 0 Å². The molecule has 0 saturated heterocycles. The van der Waals surface area contributed by atoms with Gasteiger partial charge in [-0.25, -0.2) is 9.18 Å². The highest BCUT2D eigenvalue weighted by atomic mass is 79.9. The summed E-state index contributed by atoms with van der Waals surface area (Å²) in [5, 5.41) is 0. The molecule has 0 aliphatic carbocycles. The molecule has 2 N–H and O–H groups in total. The van der Waals surface area contributed by atoms with Crippen molar-refractivity contribution in [2.45, 2.75) is 20.3 Å². The topological polar surface area (TPSA) is 52.3 Å². The molecule has 0 bridgehead atoms. The molecule has 0 heterocycles. The summed E-state index contributed by atoms with van der Waals surface area (Å²) >= 11 is 3.09. The number of carbonyl (C=O) groups is 1. The van der Waals surface area contributed by atoms with Gasteiger partial charge in [0.1, 0.15) is 11.6 Å². The van der Waals surface area contributed by atoms with Gasteiger partial charge in [-0.3, -0.25) is 0 Å². The van der Waals surface area contributed by atoms with Crippen molar-refractivity contribution >= 4 is 22.0 Å². The highest BCUT2D eigenvalue weighted by Gasteiger charge is 2.12. The van der Waals surface area contributed by atoms with Gasteiger partial charge in [-0.2, -0.15) is 0 Å². The van der Waals surface area contributed by atoms with E-state index in [9.17, 15) is 9.18 Å². The van der Waals surface area contributed by atoms with E-state index in [1.54, 1.807) is 6.07 Å². The molecule has 5 heteroatoms. The minimum Gasteiger partial charge on any atom is -0.410 e. The maximum atomic E-state index is 13.3. The molecule has 16 heavy (non-hydrogen) atoms. The Morgan fingerprint density at radius 3 is 2.69 bits per heavy atom. The zero-order valence-corrected chi connectivity index (χ0v) is 10.7. The highest BCUT2D eigenvalue weighted by molar-refractivity contribution is 9.10. The minimum absolute atomic E-state index is 0.182. The van der Waals surface area contributed by atoms with E-state index < -0.39 is 11.9 Å². The molecule has 0 spiro atoms. The Labute approximate surface area is 102 Å². The molecule has 88 valence electrons. The molecular formula is C11H13BrFNO2. The van der Waals surface area contributed by atoms with Crippen LogP contribution in [0.25, 0.3) is 0 Å². The average molecular weight is 290 g/mol. The van der Waals surface area contributed by atoms with Gasteiger partial charge in [0, 0.05) is 6.07 Å². The monoisotopic (exact) mass is 289 g/mol. The third-order valence-electron chi connectivity index (χ3n) is 1.94. The van der Waals surface area contributed by atoms with Crippen molar-refractivity contribution in [2.24, 2.45) is 11.7 Å². The Kier molecular flexibility index (Phi) is 4.29. The first-order chi connectivity index (χ1) is 7.40. The summed E-state index contributed by atoms with van der Waals surface area (Å²) in [4.78, 5) is 10.7. The van der Waals surface area contributed by atoms with Gasteiger partial charge in [-0.15, -0.1) is 0 Å². The van der Waals surface area contributed by atoms with Gasteiger partial charge >= 0.3 is 6.09 Å². The molecule has 0 saturated carbocycles. The highest BCUT2D eigenvalue weighted by Crippen LogP contribution is 2.28. The van der Waals surface area contributed by atoms with E-state index in [-0.39, 0.29) is 5.75 Å². The molecule has 3 nitrogen and oxygen atoms in total. The Bertz CT molecular complexity index is 407. The third-order valence-corrected chi connectivity index (χ3v) is 2.55. The smallest absolute Gasteiger partial charge is 0.409 e. The number of primary amides is 1. The molecule has 0 aliphatic heterocycles. The fraction of sp³-hybridized carbons (Fsp3) is 0.364. The number of ether oxygens (including phenoxy) is 1. The predicted molar refractivity (Wildman–Crippen MR) is 62.9 cm³/mol. The Hall–Kier alpha value is -1.10. The molecule has 1 amide bonds. The lowest BCUT2D eigenvalue weighted by Gasteiger charge is -2.11. The predicted octanol–water partition coefficient (Wildman–Crippen LogP) is 3.24. The summed E-state index contributed by atoms with van der Waals surface area (Å²) in [7, 11) is 0. The lowest BCUT2D eigenvalue weighted by molar-refractivity contribution is 0.210. The van der Waals surface area contributed by atoms with Crippen LogP contribution in [-0.4, -0.2) is 6.09 Å². The van der Waals surface area contributed by atoms with Gasteiger partial charge in [0.2, 0.25) is 0 Å². The van der Waals surface area contributed by atoms with E-state index >= 15 is 0 Å². The van der Waals surface area contributed by atoms with Crippen LogP contribution in [0.2, 0.25) is 0 Å². The van der Waals surface area contributed by atoms with Crippen LogP contribution >= 0.6 is 15.9 Å². The van der Waals surface area contributed by atoms with Gasteiger partial charge in [0.15, 0.2) is 0 Å². The minimum atomic E-state index is -0.938. The van der Waals surface area contributed by atoms with E-state index in [1.807, 2.05) is 13.8 Å². The van der Waals surface area contributed by atoms with Gasteiger partial charge in [0.05, 0.1) is 4.47 Å². The van der Waals surface area contributed by atoms with E-state index in [0.717, 1.165) is 11.6 Å². The Balaban J connectivity index is 3.11. The fourth-order valence-electron chi connectivity index (χ4n) is 1.37. The Morgan fingerprint density at radius 2 is 2.19 bits per heavy atom. The van der Waals surface area contributed by atoms with Crippen molar-refractivity contribution in [3.8, 4) is 5.75 Å². The van der Waals surface area contributed by atoms with E-state index in [2.05, 4.69) is 15.9 Å². The van der Waals surface area contributed by atoms with Gasteiger partial charge in [-0.1, -0.05) is 13.8 Å². The zero-order chi connectivity index (χ0) is 12.3. The maximum Gasteiger partial charge on any atom is 0.409 e. The summed E-state index contributed by atoms with van der Waals surface area (Å²) in [6, 6.07) is 2.76. The second-order valence-corrected chi connectivity index (χ2v) is 4.75. The number of nitrogens with two attached hydrogens (primary N) is 1. The van der Waals surface area contributed by atoms with Crippen molar-refractivity contribution in [3.63, 3.8) is 0 Å². The first-order valence-electron chi connectivity index (χ1n) is 4.85. The molecule has 1 aromatic carbocycles. The zero-order valence-electron chi connectivity index (χ0n) is 9.09. The summed E-state index contributed by atoms with van der Waals surface area (Å²) in [6.07, 6.45) is -0.256. The lowest BCUT2D eigenvalue weighted by Crippen LogP contribution is -2.17. The van der Waals surface area contributed by atoms with Crippen molar-refractivity contribution in [1.82, 2.24) is 0 Å². The summed E-state index contributed by atoms with van der Waals surface area (Å²) < 4.78 is 18.4. The Morgan fingerprint density at radius 1 is 1.56 bits per heavy atom. The molecule has 0 unspecified atom stereocenters. The van der Waals surface area contributed by atoms with Crippen molar-refractivity contribution in [2.75, 3.05) is 0 Å². The van der Waals surface area contributed by atoms with Gasteiger partial charge in [0.25, 0.3) is 0 Å². The number of benzene rings is 1. The fourth-order valence-corrected chi connectivity index (χ4v) is 1.76. The first-order valence-corrected chi connectivity index (χ1v) is 5.64. The first kappa shape index (κ1) is 13.0. The van der Waals surface area contributed by atoms with Crippen LogP contribution in [0, 0.1) is 11.7 Å². The summed E-state index contributed by atoms with van der Waals surface area (Å²) in [5.74, 6) is 0.0678. The van der Waals surface area contributed by atoms with Gasteiger partial charge < -0.3 is 10.5 Å². The second-order valence-electron chi connectivity index (χ2n) is 3.89. The molecule has 0 aliphatic rings. The second kappa shape index (κ2) is 5.30. The normalized spacial score (nSPS) is 10.6. The van der Waals surface area contributed by atoms with Crippen molar-refractivity contribution in [3.05, 3.63) is 28.0 Å². The number of halogens is 2. The van der Waals surface area contributed by atoms with Crippen LogP contribution in [0.3, 0.4) is 0 Å². The number of amides is 1. The van der Waals surface area contributed by atoms with Crippen molar-refractivity contribution < 1.29 is 13.9 Å². The quantitative estimate of drug-likeness (QED) is 0.929. The molecule has 0 aromatic heterocycles. The maximum absolute atomic E-state index is 13.3. The van der Waals surface area contributed by atoms with Crippen LogP contribution < -0.4 is 10.5 Å². The number of hydrogen-bond donors (Lipinski definition) is 1. The van der Waals surface area contributed by atoms with E-state index in [1.165, 1.54) is 0 Å². The van der Waals surface area contributed by atoms with Crippen LogP contribution in [0.1, 0.15) is 19.4 Å². The summed E-state index contributed by atoms with van der Waals surface area (Å²) in [5.41, 5.74) is 5.67. The largest absolute Gasteiger partial charge is 0.410 e. The molecular weight excluding hydrogens is 277 g/mol. The van der Waals surface area contributed by atoms with E-state index in [4.69, 9.17) is 10.5 Å². The molecule has 0 radical (unpaired) electrons. The standard InChI is InChI=1S/C11H13BrFNO2/c1-6(2)3-7-4-8(12)9(13)5-10(7)16-11(14)15/h4-6H,3H2,1-2H3,(H2,14,15).